The van der Waals surface area contributed by atoms with Crippen LogP contribution in [0, 0.1) is 0 Å². The lowest BCUT2D eigenvalue weighted by Gasteiger charge is -2.38. The Morgan fingerprint density at radius 3 is 2.73 bits per heavy atom. The van der Waals surface area contributed by atoms with Crippen molar-refractivity contribution < 1.29 is 9.53 Å². The van der Waals surface area contributed by atoms with Crippen molar-refractivity contribution in [2.75, 3.05) is 13.1 Å². The van der Waals surface area contributed by atoms with Gasteiger partial charge in [-0.05, 0) is 25.5 Å². The Morgan fingerprint density at radius 2 is 2.05 bits per heavy atom. The zero-order valence-corrected chi connectivity index (χ0v) is 12.9. The van der Waals surface area contributed by atoms with Crippen LogP contribution in [0.4, 0.5) is 0 Å². The van der Waals surface area contributed by atoms with E-state index in [2.05, 4.69) is 5.10 Å². The van der Waals surface area contributed by atoms with Gasteiger partial charge < -0.3 is 9.64 Å². The van der Waals surface area contributed by atoms with Crippen LogP contribution in [-0.4, -0.2) is 39.8 Å². The largest absolute Gasteiger partial charge is 0.367 e. The van der Waals surface area contributed by atoms with E-state index in [0.717, 1.165) is 5.56 Å². The lowest BCUT2D eigenvalue weighted by molar-refractivity contribution is -0.148. The molecular weight excluding hydrogens is 278 g/mol. The minimum atomic E-state index is -0.295. The summed E-state index contributed by atoms with van der Waals surface area (Å²) in [4.78, 5) is 14.6. The van der Waals surface area contributed by atoms with E-state index in [-0.39, 0.29) is 24.2 Å². The molecule has 0 radical (unpaired) electrons. The Morgan fingerprint density at radius 1 is 1.27 bits per heavy atom. The first-order chi connectivity index (χ1) is 10.6. The van der Waals surface area contributed by atoms with Crippen molar-refractivity contribution in [3.63, 3.8) is 0 Å². The fourth-order valence-corrected chi connectivity index (χ4v) is 2.87. The van der Waals surface area contributed by atoms with Gasteiger partial charge in [0.25, 0.3) is 0 Å². The zero-order valence-electron chi connectivity index (χ0n) is 12.9. The molecule has 0 saturated carbocycles. The van der Waals surface area contributed by atoms with Crippen LogP contribution in [0.3, 0.4) is 0 Å². The van der Waals surface area contributed by atoms with E-state index in [9.17, 15) is 4.79 Å². The summed E-state index contributed by atoms with van der Waals surface area (Å²) in [6, 6.07) is 11.6. The molecule has 2 heterocycles. The maximum atomic E-state index is 12.7. The zero-order chi connectivity index (χ0) is 15.5. The van der Waals surface area contributed by atoms with Gasteiger partial charge in [-0.1, -0.05) is 30.3 Å². The van der Waals surface area contributed by atoms with Gasteiger partial charge in [0.05, 0.1) is 12.6 Å². The number of hydrogen-bond donors (Lipinski definition) is 0. The average Bonchev–Trinajstić information content (AvgIpc) is 3.08. The molecular formula is C17H21N3O2. The highest BCUT2D eigenvalue weighted by atomic mass is 16.5. The average molecular weight is 299 g/mol. The van der Waals surface area contributed by atoms with Gasteiger partial charge in [0, 0.05) is 18.9 Å². The standard InChI is InChI=1S/C17H21N3O2/c1-13-11-19(17(21)14(2)20-10-6-9-18-20)12-16(22-13)15-7-4-3-5-8-15/h3-10,13-14,16H,11-12H2,1-2H3/t13-,14+,16+/m1/s1. The molecule has 1 aliphatic heterocycles. The molecule has 0 N–H and O–H groups in total. The molecule has 1 aromatic carbocycles. The molecule has 116 valence electrons. The molecule has 1 saturated heterocycles. The van der Waals surface area contributed by atoms with Crippen LogP contribution in [0.1, 0.15) is 31.6 Å². The molecule has 1 amide bonds. The third kappa shape index (κ3) is 3.04. The molecule has 2 aromatic rings. The molecule has 22 heavy (non-hydrogen) atoms. The maximum Gasteiger partial charge on any atom is 0.247 e. The Balaban J connectivity index is 1.75. The Hall–Kier alpha value is -2.14. The molecule has 5 heteroatoms. The van der Waals surface area contributed by atoms with E-state index in [0.29, 0.717) is 13.1 Å². The van der Waals surface area contributed by atoms with Gasteiger partial charge in [0.1, 0.15) is 12.1 Å². The van der Waals surface area contributed by atoms with Crippen molar-refractivity contribution in [1.82, 2.24) is 14.7 Å². The lowest BCUT2D eigenvalue weighted by atomic mass is 10.1. The molecule has 1 aliphatic rings. The van der Waals surface area contributed by atoms with E-state index >= 15 is 0 Å². The summed E-state index contributed by atoms with van der Waals surface area (Å²) in [5.74, 6) is 0.0831. The maximum absolute atomic E-state index is 12.7. The molecule has 0 bridgehead atoms. The molecule has 3 rings (SSSR count). The van der Waals surface area contributed by atoms with Crippen molar-refractivity contribution in [1.29, 1.82) is 0 Å². The normalized spacial score (nSPS) is 23.3. The first kappa shape index (κ1) is 14.8. The van der Waals surface area contributed by atoms with E-state index in [1.165, 1.54) is 0 Å². The Labute approximate surface area is 130 Å². The number of carbonyl (C=O) groups excluding carboxylic acids is 1. The first-order valence-electron chi connectivity index (χ1n) is 7.63. The van der Waals surface area contributed by atoms with Gasteiger partial charge in [0.15, 0.2) is 0 Å². The second-order valence-electron chi connectivity index (χ2n) is 5.75. The van der Waals surface area contributed by atoms with E-state index < -0.39 is 0 Å². The van der Waals surface area contributed by atoms with Gasteiger partial charge >= 0.3 is 0 Å². The number of nitrogens with zero attached hydrogens (tertiary/aromatic N) is 3. The van der Waals surface area contributed by atoms with Gasteiger partial charge in [0.2, 0.25) is 5.91 Å². The third-order valence-corrected chi connectivity index (χ3v) is 4.02. The van der Waals surface area contributed by atoms with Crippen LogP contribution in [0.25, 0.3) is 0 Å². The number of ether oxygens (including phenoxy) is 1. The van der Waals surface area contributed by atoms with Gasteiger partial charge in [-0.15, -0.1) is 0 Å². The Bertz CT molecular complexity index is 612. The number of aromatic nitrogens is 2. The summed E-state index contributed by atoms with van der Waals surface area (Å²) in [5.41, 5.74) is 1.11. The fourth-order valence-electron chi connectivity index (χ4n) is 2.87. The van der Waals surface area contributed by atoms with Crippen molar-refractivity contribution in [2.45, 2.75) is 32.1 Å². The predicted octanol–water partition coefficient (Wildman–Crippen LogP) is 2.43. The summed E-state index contributed by atoms with van der Waals surface area (Å²) in [6.45, 7) is 5.09. The van der Waals surface area contributed by atoms with Crippen LogP contribution < -0.4 is 0 Å². The third-order valence-electron chi connectivity index (χ3n) is 4.02. The highest BCUT2D eigenvalue weighted by Crippen LogP contribution is 2.26. The highest BCUT2D eigenvalue weighted by molar-refractivity contribution is 5.80. The van der Waals surface area contributed by atoms with Crippen molar-refractivity contribution >= 4 is 5.91 Å². The quantitative estimate of drug-likeness (QED) is 0.874. The lowest BCUT2D eigenvalue weighted by Crippen LogP contribution is -2.48. The predicted molar refractivity (Wildman–Crippen MR) is 83.2 cm³/mol. The van der Waals surface area contributed by atoms with Crippen LogP contribution in [-0.2, 0) is 9.53 Å². The van der Waals surface area contributed by atoms with Crippen molar-refractivity contribution in [3.8, 4) is 0 Å². The molecule has 0 unspecified atom stereocenters. The first-order valence-corrected chi connectivity index (χ1v) is 7.63. The number of hydrogen-bond acceptors (Lipinski definition) is 3. The second-order valence-corrected chi connectivity index (χ2v) is 5.75. The Kier molecular flexibility index (Phi) is 4.24. The SMILES string of the molecule is C[C@@H]1CN(C(=O)[C@H](C)n2cccn2)C[C@@H](c2ccccc2)O1. The smallest absolute Gasteiger partial charge is 0.247 e. The molecule has 5 nitrogen and oxygen atoms in total. The minimum absolute atomic E-state index is 0.0210. The number of amides is 1. The summed E-state index contributed by atoms with van der Waals surface area (Å²) in [6.07, 6.45) is 3.46. The van der Waals surface area contributed by atoms with E-state index in [1.54, 1.807) is 10.9 Å². The fraction of sp³-hybridized carbons (Fsp3) is 0.412. The van der Waals surface area contributed by atoms with Crippen molar-refractivity contribution in [2.24, 2.45) is 0 Å². The summed E-state index contributed by atoms with van der Waals surface area (Å²) in [5, 5.41) is 4.17. The van der Waals surface area contributed by atoms with E-state index in [4.69, 9.17) is 4.74 Å². The van der Waals surface area contributed by atoms with Crippen LogP contribution in [0.5, 0.6) is 0 Å². The molecule has 0 aliphatic carbocycles. The van der Waals surface area contributed by atoms with Gasteiger partial charge in [-0.25, -0.2) is 0 Å². The summed E-state index contributed by atoms with van der Waals surface area (Å²) in [7, 11) is 0. The van der Waals surface area contributed by atoms with Gasteiger partial charge in [-0.3, -0.25) is 9.48 Å². The highest BCUT2D eigenvalue weighted by Gasteiger charge is 2.31. The minimum Gasteiger partial charge on any atom is -0.367 e. The van der Waals surface area contributed by atoms with E-state index in [1.807, 2.05) is 61.3 Å². The molecule has 3 atom stereocenters. The monoisotopic (exact) mass is 299 g/mol. The van der Waals surface area contributed by atoms with Crippen molar-refractivity contribution in [3.05, 3.63) is 54.4 Å². The number of carbonyl (C=O) groups is 1. The van der Waals surface area contributed by atoms with Crippen LogP contribution in [0.15, 0.2) is 48.8 Å². The topological polar surface area (TPSA) is 47.4 Å². The summed E-state index contributed by atoms with van der Waals surface area (Å²) >= 11 is 0. The van der Waals surface area contributed by atoms with Gasteiger partial charge in [-0.2, -0.15) is 5.10 Å². The van der Waals surface area contributed by atoms with Crippen LogP contribution >= 0.6 is 0 Å². The number of rotatable bonds is 3. The molecule has 0 spiro atoms. The second kappa shape index (κ2) is 6.32. The number of morpholine rings is 1. The molecule has 1 aromatic heterocycles. The number of benzene rings is 1. The van der Waals surface area contributed by atoms with Crippen LogP contribution in [0.2, 0.25) is 0 Å². The molecule has 1 fully saturated rings. The summed E-state index contributed by atoms with van der Waals surface area (Å²) < 4.78 is 7.70.